The van der Waals surface area contributed by atoms with Crippen LogP contribution in [0.25, 0.3) is 0 Å². The summed E-state index contributed by atoms with van der Waals surface area (Å²) in [7, 11) is 3.70. The number of aromatic nitrogens is 2. The molecular weight excluding hydrogens is 352 g/mol. The van der Waals surface area contributed by atoms with Gasteiger partial charge in [0.15, 0.2) is 0 Å². The number of likely N-dealkylation sites (tertiary alicyclic amines) is 1. The molecule has 2 aromatic rings. The van der Waals surface area contributed by atoms with Gasteiger partial charge >= 0.3 is 0 Å². The van der Waals surface area contributed by atoms with Crippen LogP contribution in [0.5, 0.6) is 0 Å². The second-order valence-corrected chi connectivity index (χ2v) is 7.22. The van der Waals surface area contributed by atoms with E-state index in [2.05, 4.69) is 4.98 Å². The van der Waals surface area contributed by atoms with E-state index in [1.807, 2.05) is 42.1 Å². The molecule has 0 unspecified atom stereocenters. The molecular formula is C19H23ClN4O2. The van der Waals surface area contributed by atoms with Gasteiger partial charge in [-0.25, -0.2) is 4.98 Å². The average molecular weight is 375 g/mol. The highest BCUT2D eigenvalue weighted by Crippen LogP contribution is 2.22. The predicted octanol–water partition coefficient (Wildman–Crippen LogP) is 2.47. The Bertz CT molecular complexity index is 787. The van der Waals surface area contributed by atoms with Crippen molar-refractivity contribution in [2.45, 2.75) is 25.9 Å². The first-order valence-electron chi connectivity index (χ1n) is 8.67. The van der Waals surface area contributed by atoms with Crippen molar-refractivity contribution in [2.24, 2.45) is 13.0 Å². The molecule has 0 aliphatic carbocycles. The number of nitrogens with zero attached hydrogens (tertiary/aromatic N) is 4. The van der Waals surface area contributed by atoms with E-state index in [1.165, 1.54) is 0 Å². The van der Waals surface area contributed by atoms with Gasteiger partial charge in [0.1, 0.15) is 5.82 Å². The third-order valence-electron chi connectivity index (χ3n) is 4.81. The van der Waals surface area contributed by atoms with Crippen molar-refractivity contribution in [2.75, 3.05) is 13.6 Å². The highest BCUT2D eigenvalue weighted by molar-refractivity contribution is 6.30. The van der Waals surface area contributed by atoms with Crippen LogP contribution in [0, 0.1) is 5.92 Å². The SMILES string of the molecule is CN(Cc1nccn1C)C(=O)[C@H]1CCC(=O)N(Cc2ccc(Cl)cc2)C1. The van der Waals surface area contributed by atoms with Gasteiger partial charge in [0.05, 0.1) is 12.5 Å². The zero-order chi connectivity index (χ0) is 18.7. The van der Waals surface area contributed by atoms with Crippen LogP contribution < -0.4 is 0 Å². The lowest BCUT2D eigenvalue weighted by molar-refractivity contribution is -0.143. The van der Waals surface area contributed by atoms with Gasteiger partial charge in [-0.2, -0.15) is 0 Å². The molecule has 0 bridgehead atoms. The van der Waals surface area contributed by atoms with Gasteiger partial charge in [-0.05, 0) is 24.1 Å². The Hall–Kier alpha value is -2.34. The Morgan fingerprint density at radius 3 is 2.73 bits per heavy atom. The number of rotatable bonds is 5. The fraction of sp³-hybridized carbons (Fsp3) is 0.421. The number of halogens is 1. The van der Waals surface area contributed by atoms with Crippen molar-refractivity contribution in [1.82, 2.24) is 19.4 Å². The predicted molar refractivity (Wildman–Crippen MR) is 99.3 cm³/mol. The van der Waals surface area contributed by atoms with Crippen molar-refractivity contribution in [1.29, 1.82) is 0 Å². The lowest BCUT2D eigenvalue weighted by Gasteiger charge is -2.34. The summed E-state index contributed by atoms with van der Waals surface area (Å²) in [6.07, 6.45) is 4.58. The molecule has 1 aliphatic rings. The molecule has 1 saturated heterocycles. The summed E-state index contributed by atoms with van der Waals surface area (Å²) in [4.78, 5) is 32.8. The summed E-state index contributed by atoms with van der Waals surface area (Å²) < 4.78 is 1.90. The Morgan fingerprint density at radius 2 is 2.08 bits per heavy atom. The molecule has 2 amide bonds. The number of hydrogen-bond donors (Lipinski definition) is 0. The molecule has 138 valence electrons. The van der Waals surface area contributed by atoms with Crippen LogP contribution in [-0.4, -0.2) is 44.8 Å². The maximum atomic E-state index is 12.8. The van der Waals surface area contributed by atoms with Crippen LogP contribution in [0.4, 0.5) is 0 Å². The molecule has 3 rings (SSSR count). The number of imidazole rings is 1. The molecule has 0 saturated carbocycles. The normalized spacial score (nSPS) is 17.4. The van der Waals surface area contributed by atoms with E-state index >= 15 is 0 Å². The Kier molecular flexibility index (Phi) is 5.61. The Morgan fingerprint density at radius 1 is 1.35 bits per heavy atom. The van der Waals surface area contributed by atoms with E-state index in [-0.39, 0.29) is 17.7 Å². The van der Waals surface area contributed by atoms with Crippen molar-refractivity contribution in [3.63, 3.8) is 0 Å². The zero-order valence-corrected chi connectivity index (χ0v) is 15.8. The first-order chi connectivity index (χ1) is 12.4. The highest BCUT2D eigenvalue weighted by atomic mass is 35.5. The van der Waals surface area contributed by atoms with Crippen LogP contribution in [0.15, 0.2) is 36.7 Å². The van der Waals surface area contributed by atoms with Crippen molar-refractivity contribution < 1.29 is 9.59 Å². The third-order valence-corrected chi connectivity index (χ3v) is 5.06. The maximum absolute atomic E-state index is 12.8. The number of amides is 2. The molecule has 0 N–H and O–H groups in total. The fourth-order valence-corrected chi connectivity index (χ4v) is 3.36. The number of carbonyl (C=O) groups is 2. The minimum atomic E-state index is -0.176. The number of benzene rings is 1. The van der Waals surface area contributed by atoms with Crippen LogP contribution in [0.2, 0.25) is 5.02 Å². The van der Waals surface area contributed by atoms with Crippen molar-refractivity contribution in [3.05, 3.63) is 53.1 Å². The lowest BCUT2D eigenvalue weighted by atomic mass is 9.95. The van der Waals surface area contributed by atoms with Crippen LogP contribution in [0.1, 0.15) is 24.2 Å². The Balaban J connectivity index is 1.63. The number of carbonyl (C=O) groups excluding carboxylic acids is 2. The molecule has 26 heavy (non-hydrogen) atoms. The van der Waals surface area contributed by atoms with Gasteiger partial charge in [-0.1, -0.05) is 23.7 Å². The van der Waals surface area contributed by atoms with Crippen LogP contribution in [0.3, 0.4) is 0 Å². The highest BCUT2D eigenvalue weighted by Gasteiger charge is 2.32. The minimum absolute atomic E-state index is 0.0570. The summed E-state index contributed by atoms with van der Waals surface area (Å²) in [5.41, 5.74) is 1.01. The molecule has 1 aliphatic heterocycles. The van der Waals surface area contributed by atoms with E-state index < -0.39 is 0 Å². The number of aryl methyl sites for hydroxylation is 1. The lowest BCUT2D eigenvalue weighted by Crippen LogP contribution is -2.45. The number of piperidine rings is 1. The summed E-state index contributed by atoms with van der Waals surface area (Å²) in [5.74, 6) is 0.813. The first-order valence-corrected chi connectivity index (χ1v) is 9.05. The van der Waals surface area contributed by atoms with Gasteiger partial charge in [-0.15, -0.1) is 0 Å². The van der Waals surface area contributed by atoms with Gasteiger partial charge in [-0.3, -0.25) is 9.59 Å². The van der Waals surface area contributed by atoms with Crippen molar-refractivity contribution >= 4 is 23.4 Å². The van der Waals surface area contributed by atoms with Gasteiger partial charge in [0.2, 0.25) is 11.8 Å². The quantitative estimate of drug-likeness (QED) is 0.807. The fourth-order valence-electron chi connectivity index (χ4n) is 3.23. The molecule has 1 atom stereocenters. The second-order valence-electron chi connectivity index (χ2n) is 6.79. The summed E-state index contributed by atoms with van der Waals surface area (Å²) >= 11 is 5.91. The van der Waals surface area contributed by atoms with Crippen LogP contribution >= 0.6 is 11.6 Å². The summed E-state index contributed by atoms with van der Waals surface area (Å²) in [6, 6.07) is 7.45. The standard InChI is InChI=1S/C19H23ClN4O2/c1-22-10-9-21-17(22)13-23(2)19(26)15-5-8-18(25)24(12-15)11-14-3-6-16(20)7-4-14/h3-4,6-7,9-10,15H,5,8,11-13H2,1-2H3/t15-/m0/s1. The third kappa shape index (κ3) is 4.25. The van der Waals surface area contributed by atoms with Gasteiger partial charge < -0.3 is 14.4 Å². The zero-order valence-electron chi connectivity index (χ0n) is 15.1. The van der Waals surface area contributed by atoms with Crippen molar-refractivity contribution in [3.8, 4) is 0 Å². The molecule has 1 aromatic carbocycles. The van der Waals surface area contributed by atoms with Gasteiger partial charge in [0, 0.05) is 51.0 Å². The molecule has 1 aromatic heterocycles. The Labute approximate surface area is 158 Å². The molecule has 0 spiro atoms. The molecule has 6 nitrogen and oxygen atoms in total. The summed E-state index contributed by atoms with van der Waals surface area (Å²) in [5, 5.41) is 0.669. The first kappa shape index (κ1) is 18.5. The van der Waals surface area contributed by atoms with E-state index in [4.69, 9.17) is 11.6 Å². The van der Waals surface area contributed by atoms with E-state index in [0.717, 1.165) is 11.4 Å². The van der Waals surface area contributed by atoms with Crippen LogP contribution in [-0.2, 0) is 29.7 Å². The molecule has 1 fully saturated rings. The molecule has 7 heteroatoms. The number of hydrogen-bond acceptors (Lipinski definition) is 3. The van der Waals surface area contributed by atoms with Gasteiger partial charge in [0.25, 0.3) is 0 Å². The molecule has 0 radical (unpaired) electrons. The largest absolute Gasteiger partial charge is 0.338 e. The average Bonchev–Trinajstić information content (AvgIpc) is 3.03. The summed E-state index contributed by atoms with van der Waals surface area (Å²) in [6.45, 7) is 1.41. The monoisotopic (exact) mass is 374 g/mol. The van der Waals surface area contributed by atoms with E-state index in [0.29, 0.717) is 37.5 Å². The second kappa shape index (κ2) is 7.91. The topological polar surface area (TPSA) is 58.4 Å². The van der Waals surface area contributed by atoms with E-state index in [1.54, 1.807) is 23.0 Å². The molecule has 2 heterocycles. The smallest absolute Gasteiger partial charge is 0.227 e. The van der Waals surface area contributed by atoms with E-state index in [9.17, 15) is 9.59 Å². The maximum Gasteiger partial charge on any atom is 0.227 e. The minimum Gasteiger partial charge on any atom is -0.338 e.